The van der Waals surface area contributed by atoms with Crippen molar-refractivity contribution in [2.75, 3.05) is 5.32 Å². The third-order valence-electron chi connectivity index (χ3n) is 2.91. The predicted molar refractivity (Wildman–Crippen MR) is 64.0 cm³/mol. The van der Waals surface area contributed by atoms with Gasteiger partial charge in [0.2, 0.25) is 5.95 Å². The van der Waals surface area contributed by atoms with Crippen molar-refractivity contribution in [1.82, 2.24) is 9.55 Å². The standard InChI is InChI=1S/C12H12FN3O2/c13-7-1-4-9-10(5-7)16(6-11(17)18)12(15-9)14-8-2-3-8/h1,4-5,8H,2-3,6H2,(H,14,15)(H,17,18). The minimum atomic E-state index is -0.975. The number of imidazole rings is 1. The Labute approximate surface area is 102 Å². The van der Waals surface area contributed by atoms with E-state index in [0.29, 0.717) is 23.0 Å². The summed E-state index contributed by atoms with van der Waals surface area (Å²) in [4.78, 5) is 15.2. The van der Waals surface area contributed by atoms with Gasteiger partial charge in [-0.3, -0.25) is 9.36 Å². The number of hydrogen-bond acceptors (Lipinski definition) is 3. The largest absolute Gasteiger partial charge is 0.480 e. The lowest BCUT2D eigenvalue weighted by Crippen LogP contribution is -2.14. The summed E-state index contributed by atoms with van der Waals surface area (Å²) in [5.74, 6) is -0.870. The Bertz CT molecular complexity index is 619. The molecule has 0 amide bonds. The quantitative estimate of drug-likeness (QED) is 0.867. The number of anilines is 1. The van der Waals surface area contributed by atoms with E-state index in [-0.39, 0.29) is 6.54 Å². The fraction of sp³-hybridized carbons (Fsp3) is 0.333. The van der Waals surface area contributed by atoms with Crippen molar-refractivity contribution in [1.29, 1.82) is 0 Å². The number of rotatable bonds is 4. The maximum atomic E-state index is 13.2. The molecule has 1 aliphatic rings. The smallest absolute Gasteiger partial charge is 0.323 e. The van der Waals surface area contributed by atoms with Gasteiger partial charge in [-0.05, 0) is 31.0 Å². The Morgan fingerprint density at radius 3 is 3.00 bits per heavy atom. The van der Waals surface area contributed by atoms with Gasteiger partial charge in [0.05, 0.1) is 11.0 Å². The number of carbonyl (C=O) groups is 1. The third-order valence-corrected chi connectivity index (χ3v) is 2.91. The molecule has 1 aliphatic carbocycles. The van der Waals surface area contributed by atoms with Crippen molar-refractivity contribution in [3.8, 4) is 0 Å². The van der Waals surface area contributed by atoms with Crippen molar-refractivity contribution >= 4 is 23.0 Å². The van der Waals surface area contributed by atoms with E-state index in [1.807, 2.05) is 0 Å². The van der Waals surface area contributed by atoms with E-state index in [1.54, 1.807) is 6.07 Å². The number of nitrogens with zero attached hydrogens (tertiary/aromatic N) is 2. The first-order valence-electron chi connectivity index (χ1n) is 5.77. The second-order valence-electron chi connectivity index (χ2n) is 4.47. The van der Waals surface area contributed by atoms with Crippen LogP contribution in [0.15, 0.2) is 18.2 Å². The van der Waals surface area contributed by atoms with Crippen LogP contribution in [0, 0.1) is 5.82 Å². The molecule has 0 unspecified atom stereocenters. The predicted octanol–water partition coefficient (Wildman–Crippen LogP) is 1.83. The summed E-state index contributed by atoms with van der Waals surface area (Å²) in [7, 11) is 0. The van der Waals surface area contributed by atoms with Gasteiger partial charge in [-0.15, -0.1) is 0 Å². The van der Waals surface area contributed by atoms with Crippen LogP contribution in [0.5, 0.6) is 0 Å². The van der Waals surface area contributed by atoms with Crippen LogP contribution in [0.4, 0.5) is 10.3 Å². The number of aromatic nitrogens is 2. The molecule has 0 saturated heterocycles. The zero-order valence-electron chi connectivity index (χ0n) is 9.56. The molecule has 2 N–H and O–H groups in total. The molecular weight excluding hydrogens is 237 g/mol. The maximum Gasteiger partial charge on any atom is 0.323 e. The first kappa shape index (κ1) is 11.0. The van der Waals surface area contributed by atoms with Crippen LogP contribution in [-0.4, -0.2) is 26.7 Å². The molecule has 1 aromatic carbocycles. The minimum Gasteiger partial charge on any atom is -0.480 e. The normalized spacial score (nSPS) is 14.9. The highest BCUT2D eigenvalue weighted by Crippen LogP contribution is 2.27. The summed E-state index contributed by atoms with van der Waals surface area (Å²) in [5.41, 5.74) is 1.10. The highest BCUT2D eigenvalue weighted by molar-refractivity contribution is 5.81. The molecule has 0 aliphatic heterocycles. The molecule has 1 fully saturated rings. The Balaban J connectivity index is 2.10. The van der Waals surface area contributed by atoms with E-state index < -0.39 is 11.8 Å². The monoisotopic (exact) mass is 249 g/mol. The first-order chi connectivity index (χ1) is 8.63. The maximum absolute atomic E-state index is 13.2. The second-order valence-corrected chi connectivity index (χ2v) is 4.47. The van der Waals surface area contributed by atoms with Gasteiger partial charge in [0.15, 0.2) is 0 Å². The fourth-order valence-corrected chi connectivity index (χ4v) is 1.91. The lowest BCUT2D eigenvalue weighted by atomic mass is 10.3. The number of aliphatic carboxylic acids is 1. The summed E-state index contributed by atoms with van der Waals surface area (Å²) < 4.78 is 14.7. The Kier molecular flexibility index (Phi) is 2.43. The summed E-state index contributed by atoms with van der Waals surface area (Å²) in [6, 6.07) is 4.55. The number of fused-ring (bicyclic) bond motifs is 1. The SMILES string of the molecule is O=C(O)Cn1c(NC2CC2)nc2ccc(F)cc21. The van der Waals surface area contributed by atoms with E-state index >= 15 is 0 Å². The molecule has 0 bridgehead atoms. The zero-order chi connectivity index (χ0) is 12.7. The van der Waals surface area contributed by atoms with Gasteiger partial charge in [-0.1, -0.05) is 0 Å². The van der Waals surface area contributed by atoms with Crippen molar-refractivity contribution in [3.63, 3.8) is 0 Å². The Morgan fingerprint density at radius 1 is 1.56 bits per heavy atom. The molecule has 94 valence electrons. The van der Waals surface area contributed by atoms with Gasteiger partial charge in [0, 0.05) is 6.04 Å². The molecule has 5 nitrogen and oxygen atoms in total. The van der Waals surface area contributed by atoms with Crippen LogP contribution < -0.4 is 5.32 Å². The molecule has 1 saturated carbocycles. The van der Waals surface area contributed by atoms with Crippen LogP contribution >= 0.6 is 0 Å². The average Bonchev–Trinajstić information content (AvgIpc) is 3.05. The summed E-state index contributed by atoms with van der Waals surface area (Å²) >= 11 is 0. The molecule has 1 aromatic heterocycles. The third kappa shape index (κ3) is 2.01. The summed E-state index contributed by atoms with van der Waals surface area (Å²) in [6.45, 7) is -0.227. The molecule has 3 rings (SSSR count). The highest BCUT2D eigenvalue weighted by atomic mass is 19.1. The van der Waals surface area contributed by atoms with Crippen LogP contribution in [0.1, 0.15) is 12.8 Å². The lowest BCUT2D eigenvalue weighted by Gasteiger charge is -2.07. The topological polar surface area (TPSA) is 67.2 Å². The van der Waals surface area contributed by atoms with Crippen LogP contribution in [0.25, 0.3) is 11.0 Å². The molecule has 0 radical (unpaired) electrons. The van der Waals surface area contributed by atoms with Crippen LogP contribution in [-0.2, 0) is 11.3 Å². The van der Waals surface area contributed by atoms with Gasteiger partial charge in [-0.25, -0.2) is 9.37 Å². The van der Waals surface area contributed by atoms with E-state index in [4.69, 9.17) is 5.11 Å². The van der Waals surface area contributed by atoms with Crippen molar-refractivity contribution < 1.29 is 14.3 Å². The van der Waals surface area contributed by atoms with Crippen molar-refractivity contribution in [3.05, 3.63) is 24.0 Å². The minimum absolute atomic E-state index is 0.227. The van der Waals surface area contributed by atoms with E-state index in [0.717, 1.165) is 12.8 Å². The number of hydrogen-bond donors (Lipinski definition) is 2. The van der Waals surface area contributed by atoms with Gasteiger partial charge < -0.3 is 10.4 Å². The van der Waals surface area contributed by atoms with Crippen LogP contribution in [0.2, 0.25) is 0 Å². The fourth-order valence-electron chi connectivity index (χ4n) is 1.91. The number of carboxylic acid groups (broad SMARTS) is 1. The van der Waals surface area contributed by atoms with Gasteiger partial charge >= 0.3 is 5.97 Å². The molecule has 0 atom stereocenters. The van der Waals surface area contributed by atoms with E-state index in [1.165, 1.54) is 16.7 Å². The molecule has 1 heterocycles. The molecular formula is C12H12FN3O2. The summed E-state index contributed by atoms with van der Waals surface area (Å²) in [5, 5.41) is 12.1. The number of nitrogens with one attached hydrogen (secondary N) is 1. The van der Waals surface area contributed by atoms with Crippen molar-refractivity contribution in [2.24, 2.45) is 0 Å². The highest BCUT2D eigenvalue weighted by Gasteiger charge is 2.24. The summed E-state index contributed by atoms with van der Waals surface area (Å²) in [6.07, 6.45) is 2.12. The van der Waals surface area contributed by atoms with Crippen LogP contribution in [0.3, 0.4) is 0 Å². The van der Waals surface area contributed by atoms with Crippen molar-refractivity contribution in [2.45, 2.75) is 25.4 Å². The number of carboxylic acids is 1. The number of halogens is 1. The Hall–Kier alpha value is -2.11. The number of benzene rings is 1. The molecule has 0 spiro atoms. The second kappa shape index (κ2) is 3.97. The average molecular weight is 249 g/mol. The zero-order valence-corrected chi connectivity index (χ0v) is 9.56. The Morgan fingerprint density at radius 2 is 2.33 bits per heavy atom. The van der Waals surface area contributed by atoms with Gasteiger partial charge in [0.1, 0.15) is 12.4 Å². The first-order valence-corrected chi connectivity index (χ1v) is 5.77. The molecule has 2 aromatic rings. The molecule has 6 heteroatoms. The molecule has 18 heavy (non-hydrogen) atoms. The van der Waals surface area contributed by atoms with E-state index in [2.05, 4.69) is 10.3 Å². The van der Waals surface area contributed by atoms with Gasteiger partial charge in [0.25, 0.3) is 0 Å². The lowest BCUT2D eigenvalue weighted by molar-refractivity contribution is -0.137. The van der Waals surface area contributed by atoms with E-state index in [9.17, 15) is 9.18 Å². The van der Waals surface area contributed by atoms with Gasteiger partial charge in [-0.2, -0.15) is 0 Å².